The second-order valence-electron chi connectivity index (χ2n) is 4.56. The zero-order valence-corrected chi connectivity index (χ0v) is 11.1. The average molecular weight is 231 g/mol. The second kappa shape index (κ2) is 6.27. The van der Waals surface area contributed by atoms with Crippen molar-refractivity contribution in [1.82, 2.24) is 4.90 Å². The van der Waals surface area contributed by atoms with Gasteiger partial charge in [-0.2, -0.15) is 5.26 Å². The zero-order valence-electron chi connectivity index (χ0n) is 11.1. The number of rotatable bonds is 5. The minimum atomic E-state index is 0.434. The molecule has 1 atom stereocenters. The van der Waals surface area contributed by atoms with Crippen LogP contribution in [-0.4, -0.2) is 38.1 Å². The molecule has 3 nitrogen and oxygen atoms in total. The van der Waals surface area contributed by atoms with Crippen LogP contribution in [0.25, 0.3) is 0 Å². The Bertz CT molecular complexity index is 393. The molecule has 0 aliphatic carbocycles. The van der Waals surface area contributed by atoms with E-state index in [0.29, 0.717) is 6.04 Å². The Morgan fingerprint density at radius 2 is 2.06 bits per heavy atom. The van der Waals surface area contributed by atoms with E-state index in [1.807, 2.05) is 18.2 Å². The Morgan fingerprint density at radius 1 is 1.35 bits per heavy atom. The summed E-state index contributed by atoms with van der Waals surface area (Å²) in [5, 5.41) is 8.92. The van der Waals surface area contributed by atoms with Gasteiger partial charge in [0.2, 0.25) is 0 Å². The lowest BCUT2D eigenvalue weighted by Crippen LogP contribution is -2.40. The van der Waals surface area contributed by atoms with Crippen molar-refractivity contribution in [3.63, 3.8) is 0 Å². The maximum absolute atomic E-state index is 8.92. The van der Waals surface area contributed by atoms with Crippen LogP contribution in [0.15, 0.2) is 24.3 Å². The van der Waals surface area contributed by atoms with Gasteiger partial charge in [0.05, 0.1) is 11.6 Å². The highest BCUT2D eigenvalue weighted by atomic mass is 15.2. The van der Waals surface area contributed by atoms with Crippen LogP contribution >= 0.6 is 0 Å². The maximum Gasteiger partial charge on any atom is 0.0992 e. The molecule has 0 bridgehead atoms. The van der Waals surface area contributed by atoms with Gasteiger partial charge in [-0.3, -0.25) is 0 Å². The van der Waals surface area contributed by atoms with Gasteiger partial charge < -0.3 is 9.80 Å². The SMILES string of the molecule is CCN(c1cccc(C#N)c1)C(C)CN(C)C. The van der Waals surface area contributed by atoms with E-state index in [0.717, 1.165) is 24.3 Å². The smallest absolute Gasteiger partial charge is 0.0992 e. The van der Waals surface area contributed by atoms with Crippen molar-refractivity contribution in [1.29, 1.82) is 5.26 Å². The molecule has 1 aromatic carbocycles. The van der Waals surface area contributed by atoms with Crippen LogP contribution in [0.2, 0.25) is 0 Å². The van der Waals surface area contributed by atoms with Crippen molar-refractivity contribution in [2.24, 2.45) is 0 Å². The summed E-state index contributed by atoms with van der Waals surface area (Å²) in [6.45, 7) is 6.31. The fourth-order valence-corrected chi connectivity index (χ4v) is 2.13. The fraction of sp³-hybridized carbons (Fsp3) is 0.500. The quantitative estimate of drug-likeness (QED) is 0.779. The number of likely N-dealkylation sites (N-methyl/N-ethyl adjacent to an activating group) is 2. The Kier molecular flexibility index (Phi) is 4.99. The largest absolute Gasteiger partial charge is 0.368 e. The molecule has 0 spiro atoms. The minimum Gasteiger partial charge on any atom is -0.368 e. The average Bonchev–Trinajstić information content (AvgIpc) is 2.29. The van der Waals surface area contributed by atoms with E-state index in [1.54, 1.807) is 0 Å². The molecule has 0 amide bonds. The molecule has 1 aromatic rings. The van der Waals surface area contributed by atoms with Crippen molar-refractivity contribution >= 4 is 5.69 Å². The Morgan fingerprint density at radius 3 is 2.59 bits per heavy atom. The molecule has 0 aliphatic rings. The van der Waals surface area contributed by atoms with Gasteiger partial charge in [0.25, 0.3) is 0 Å². The van der Waals surface area contributed by atoms with Gasteiger partial charge in [-0.25, -0.2) is 0 Å². The molecule has 0 fully saturated rings. The molecule has 92 valence electrons. The van der Waals surface area contributed by atoms with Crippen molar-refractivity contribution < 1.29 is 0 Å². The van der Waals surface area contributed by atoms with Crippen LogP contribution in [0.5, 0.6) is 0 Å². The Hall–Kier alpha value is -1.53. The van der Waals surface area contributed by atoms with Crippen LogP contribution in [0.4, 0.5) is 5.69 Å². The molecular formula is C14H21N3. The normalized spacial score (nSPS) is 12.2. The van der Waals surface area contributed by atoms with Gasteiger partial charge in [0.15, 0.2) is 0 Å². The number of hydrogen-bond donors (Lipinski definition) is 0. The monoisotopic (exact) mass is 231 g/mol. The Labute approximate surface area is 104 Å². The van der Waals surface area contributed by atoms with Crippen LogP contribution in [-0.2, 0) is 0 Å². The van der Waals surface area contributed by atoms with E-state index in [9.17, 15) is 0 Å². The maximum atomic E-state index is 8.92. The highest BCUT2D eigenvalue weighted by Gasteiger charge is 2.13. The molecular weight excluding hydrogens is 210 g/mol. The number of nitrogens with zero attached hydrogens (tertiary/aromatic N) is 3. The van der Waals surface area contributed by atoms with Crippen LogP contribution in [0.3, 0.4) is 0 Å². The van der Waals surface area contributed by atoms with Crippen molar-refractivity contribution in [2.75, 3.05) is 32.1 Å². The highest BCUT2D eigenvalue weighted by molar-refractivity contribution is 5.52. The van der Waals surface area contributed by atoms with E-state index >= 15 is 0 Å². The molecule has 0 radical (unpaired) electrons. The zero-order chi connectivity index (χ0) is 12.8. The molecule has 1 unspecified atom stereocenters. The summed E-state index contributed by atoms with van der Waals surface area (Å²) >= 11 is 0. The summed E-state index contributed by atoms with van der Waals surface area (Å²) in [4.78, 5) is 4.50. The van der Waals surface area contributed by atoms with Gasteiger partial charge in [0.1, 0.15) is 0 Å². The lowest BCUT2D eigenvalue weighted by molar-refractivity contribution is 0.373. The molecule has 0 saturated heterocycles. The third kappa shape index (κ3) is 3.76. The standard InChI is InChI=1S/C14H21N3/c1-5-17(12(2)11-16(3)4)14-8-6-7-13(9-14)10-15/h6-9,12H,5,11H2,1-4H3. The van der Waals surface area contributed by atoms with E-state index in [2.05, 4.69) is 49.9 Å². The molecule has 0 aromatic heterocycles. The van der Waals surface area contributed by atoms with Crippen LogP contribution < -0.4 is 4.90 Å². The molecule has 0 saturated carbocycles. The first-order valence-electron chi connectivity index (χ1n) is 6.00. The number of hydrogen-bond acceptors (Lipinski definition) is 3. The van der Waals surface area contributed by atoms with E-state index in [4.69, 9.17) is 5.26 Å². The number of benzene rings is 1. The minimum absolute atomic E-state index is 0.434. The van der Waals surface area contributed by atoms with Crippen LogP contribution in [0.1, 0.15) is 19.4 Å². The van der Waals surface area contributed by atoms with Crippen molar-refractivity contribution in [3.05, 3.63) is 29.8 Å². The topological polar surface area (TPSA) is 30.3 Å². The van der Waals surface area contributed by atoms with Gasteiger partial charge in [-0.15, -0.1) is 0 Å². The first kappa shape index (κ1) is 13.5. The van der Waals surface area contributed by atoms with Crippen LogP contribution in [0, 0.1) is 11.3 Å². The summed E-state index contributed by atoms with van der Waals surface area (Å²) in [6.07, 6.45) is 0. The molecule has 0 heterocycles. The predicted octanol–water partition coefficient (Wildman–Crippen LogP) is 2.33. The summed E-state index contributed by atoms with van der Waals surface area (Å²) in [6, 6.07) is 10.4. The molecule has 17 heavy (non-hydrogen) atoms. The lowest BCUT2D eigenvalue weighted by atomic mass is 10.1. The molecule has 3 heteroatoms. The van der Waals surface area contributed by atoms with E-state index in [1.165, 1.54) is 0 Å². The van der Waals surface area contributed by atoms with Crippen molar-refractivity contribution in [3.8, 4) is 6.07 Å². The summed E-state index contributed by atoms with van der Waals surface area (Å²) in [7, 11) is 4.16. The van der Waals surface area contributed by atoms with Gasteiger partial charge in [0, 0.05) is 24.8 Å². The van der Waals surface area contributed by atoms with Gasteiger partial charge in [-0.1, -0.05) is 6.07 Å². The van der Waals surface area contributed by atoms with Crippen molar-refractivity contribution in [2.45, 2.75) is 19.9 Å². The molecule has 0 aliphatic heterocycles. The summed E-state index contributed by atoms with van der Waals surface area (Å²) < 4.78 is 0. The number of nitriles is 1. The summed E-state index contributed by atoms with van der Waals surface area (Å²) in [5.41, 5.74) is 1.85. The first-order valence-corrected chi connectivity index (χ1v) is 6.00. The predicted molar refractivity (Wildman–Crippen MR) is 72.2 cm³/mol. The fourth-order valence-electron chi connectivity index (χ4n) is 2.13. The first-order chi connectivity index (χ1) is 8.08. The van der Waals surface area contributed by atoms with Gasteiger partial charge >= 0.3 is 0 Å². The third-order valence-corrected chi connectivity index (χ3v) is 2.81. The summed E-state index contributed by atoms with van der Waals surface area (Å²) in [5.74, 6) is 0. The molecule has 0 N–H and O–H groups in total. The lowest BCUT2D eigenvalue weighted by Gasteiger charge is -2.32. The molecule has 1 rings (SSSR count). The van der Waals surface area contributed by atoms with E-state index < -0.39 is 0 Å². The second-order valence-corrected chi connectivity index (χ2v) is 4.56. The van der Waals surface area contributed by atoms with E-state index in [-0.39, 0.29) is 0 Å². The Balaban J connectivity index is 2.89. The highest BCUT2D eigenvalue weighted by Crippen LogP contribution is 2.18. The third-order valence-electron chi connectivity index (χ3n) is 2.81. The van der Waals surface area contributed by atoms with Gasteiger partial charge in [-0.05, 0) is 46.1 Å². The number of anilines is 1.